The van der Waals surface area contributed by atoms with Crippen molar-refractivity contribution in [1.82, 2.24) is 19.7 Å². The monoisotopic (exact) mass is 564 g/mol. The molecule has 2 aromatic rings. The highest BCUT2D eigenvalue weighted by molar-refractivity contribution is 9.10. The van der Waals surface area contributed by atoms with Gasteiger partial charge in [0, 0.05) is 44.0 Å². The molecular weight excluding hydrogens is 533 g/mol. The molecule has 0 atom stereocenters. The molecule has 3 heterocycles. The first-order valence-electron chi connectivity index (χ1n) is 12.4. The predicted octanol–water partition coefficient (Wildman–Crippen LogP) is 5.46. The lowest BCUT2D eigenvalue weighted by atomic mass is 9.96. The van der Waals surface area contributed by atoms with Gasteiger partial charge >= 0.3 is 6.18 Å². The van der Waals surface area contributed by atoms with Crippen LogP contribution >= 0.6 is 15.9 Å². The molecular formula is C27H32BrF3N4O. The maximum Gasteiger partial charge on any atom is 0.416 e. The molecule has 0 saturated carbocycles. The van der Waals surface area contributed by atoms with Gasteiger partial charge in [0.05, 0.1) is 5.56 Å². The normalized spacial score (nSPS) is 19.1. The Kier molecular flexibility index (Phi) is 8.85. The van der Waals surface area contributed by atoms with Crippen molar-refractivity contribution in [3.05, 3.63) is 70.0 Å². The minimum atomic E-state index is -4.38. The number of carbonyl (C=O) groups is 1. The fourth-order valence-corrected chi connectivity index (χ4v) is 5.29. The second kappa shape index (κ2) is 11.9. The lowest BCUT2D eigenvalue weighted by Crippen LogP contribution is -2.51. The van der Waals surface area contributed by atoms with Crippen molar-refractivity contribution in [3.8, 4) is 0 Å². The minimum absolute atomic E-state index is 0.0981. The van der Waals surface area contributed by atoms with E-state index in [2.05, 4.69) is 37.8 Å². The molecule has 5 nitrogen and oxygen atoms in total. The molecule has 2 aliphatic rings. The highest BCUT2D eigenvalue weighted by atomic mass is 79.9. The number of hydrogen-bond acceptors (Lipinski definition) is 4. The summed E-state index contributed by atoms with van der Waals surface area (Å²) in [7, 11) is 2.17. The Balaban J connectivity index is 1.44. The number of likely N-dealkylation sites (tertiary alicyclic amines) is 2. The van der Waals surface area contributed by atoms with Gasteiger partial charge in [-0.1, -0.05) is 18.2 Å². The summed E-state index contributed by atoms with van der Waals surface area (Å²) in [6.07, 6.45) is 4.61. The maximum atomic E-state index is 13.3. The Labute approximate surface area is 219 Å². The van der Waals surface area contributed by atoms with Crippen molar-refractivity contribution < 1.29 is 18.0 Å². The second-order valence-corrected chi connectivity index (χ2v) is 10.5. The molecule has 2 aliphatic heterocycles. The Morgan fingerprint density at radius 1 is 1.06 bits per heavy atom. The Morgan fingerprint density at radius 3 is 2.31 bits per heavy atom. The van der Waals surface area contributed by atoms with E-state index in [1.807, 2.05) is 17.0 Å². The van der Waals surface area contributed by atoms with E-state index < -0.39 is 11.7 Å². The van der Waals surface area contributed by atoms with Crippen LogP contribution in [0.5, 0.6) is 0 Å². The first kappa shape index (κ1) is 26.8. The van der Waals surface area contributed by atoms with Crippen LogP contribution in [0, 0.1) is 0 Å². The van der Waals surface area contributed by atoms with E-state index in [0.717, 1.165) is 61.3 Å². The van der Waals surface area contributed by atoms with Crippen molar-refractivity contribution in [1.29, 1.82) is 0 Å². The molecule has 1 amide bonds. The quantitative estimate of drug-likeness (QED) is 0.345. The SMILES string of the molecule is CN1CCC(N2CCC(N(Cc3ccc(Br)nc3)C(=O)C=Cc3ccc(C(F)(F)F)cc3)CC2)CC1. The van der Waals surface area contributed by atoms with Gasteiger partial charge in [-0.25, -0.2) is 4.98 Å². The number of halogens is 4. The van der Waals surface area contributed by atoms with Gasteiger partial charge in [0.15, 0.2) is 0 Å². The molecule has 0 bridgehead atoms. The predicted molar refractivity (Wildman–Crippen MR) is 138 cm³/mol. The average Bonchev–Trinajstić information content (AvgIpc) is 2.87. The number of nitrogens with zero attached hydrogens (tertiary/aromatic N) is 4. The van der Waals surface area contributed by atoms with Crippen LogP contribution in [-0.4, -0.2) is 70.9 Å². The molecule has 0 unspecified atom stereocenters. The lowest BCUT2D eigenvalue weighted by molar-refractivity contribution is -0.137. The van der Waals surface area contributed by atoms with Gasteiger partial charge in [0.1, 0.15) is 4.60 Å². The van der Waals surface area contributed by atoms with E-state index in [0.29, 0.717) is 18.2 Å². The summed E-state index contributed by atoms with van der Waals surface area (Å²) in [6.45, 7) is 4.62. The van der Waals surface area contributed by atoms with Crippen LogP contribution < -0.4 is 0 Å². The average molecular weight is 565 g/mol. The Hall–Kier alpha value is -2.23. The molecule has 0 N–H and O–H groups in total. The summed E-state index contributed by atoms with van der Waals surface area (Å²) in [6, 6.07) is 9.36. The van der Waals surface area contributed by atoms with Crippen LogP contribution in [0.15, 0.2) is 53.3 Å². The maximum absolute atomic E-state index is 13.3. The van der Waals surface area contributed by atoms with E-state index >= 15 is 0 Å². The van der Waals surface area contributed by atoms with Crippen LogP contribution in [0.4, 0.5) is 13.2 Å². The minimum Gasteiger partial charge on any atom is -0.332 e. The zero-order valence-corrected chi connectivity index (χ0v) is 22.0. The Morgan fingerprint density at radius 2 is 1.72 bits per heavy atom. The molecule has 0 spiro atoms. The number of carbonyl (C=O) groups excluding carboxylic acids is 1. The van der Waals surface area contributed by atoms with Crippen molar-refractivity contribution in [2.75, 3.05) is 33.2 Å². The first-order valence-corrected chi connectivity index (χ1v) is 13.2. The van der Waals surface area contributed by atoms with Gasteiger partial charge in [-0.05, 0) is 97.2 Å². The third kappa shape index (κ3) is 7.17. The lowest BCUT2D eigenvalue weighted by Gasteiger charge is -2.43. The zero-order chi connectivity index (χ0) is 25.7. The van der Waals surface area contributed by atoms with E-state index in [9.17, 15) is 18.0 Å². The highest BCUT2D eigenvalue weighted by Crippen LogP contribution is 2.29. The molecule has 194 valence electrons. The van der Waals surface area contributed by atoms with Gasteiger partial charge in [-0.15, -0.1) is 0 Å². The topological polar surface area (TPSA) is 39.7 Å². The van der Waals surface area contributed by atoms with Gasteiger partial charge in [-0.3, -0.25) is 4.79 Å². The summed E-state index contributed by atoms with van der Waals surface area (Å²) in [5, 5.41) is 0. The van der Waals surface area contributed by atoms with E-state index in [-0.39, 0.29) is 11.9 Å². The van der Waals surface area contributed by atoms with Crippen molar-refractivity contribution in [2.45, 2.75) is 50.5 Å². The molecule has 2 fully saturated rings. The van der Waals surface area contributed by atoms with Crippen LogP contribution in [0.3, 0.4) is 0 Å². The molecule has 1 aromatic carbocycles. The first-order chi connectivity index (χ1) is 17.2. The molecule has 36 heavy (non-hydrogen) atoms. The van der Waals surface area contributed by atoms with Crippen LogP contribution in [0.2, 0.25) is 0 Å². The standard InChI is InChI=1S/C27H32BrF3N4O/c1-33-14-10-23(11-15-33)34-16-12-24(13-17-34)35(19-21-4-8-25(28)32-18-21)26(36)9-5-20-2-6-22(7-3-20)27(29,30)31/h2-9,18,23-24H,10-17,19H2,1H3. The van der Waals surface area contributed by atoms with Crippen LogP contribution in [0.25, 0.3) is 6.08 Å². The summed E-state index contributed by atoms with van der Waals surface area (Å²) in [5.41, 5.74) is 0.789. The third-order valence-electron chi connectivity index (χ3n) is 7.23. The number of amides is 1. The fraction of sp³-hybridized carbons (Fsp3) is 0.481. The van der Waals surface area contributed by atoms with Crippen LogP contribution in [0.1, 0.15) is 42.4 Å². The van der Waals surface area contributed by atoms with Gasteiger partial charge in [0.25, 0.3) is 0 Å². The number of piperidine rings is 2. The van der Waals surface area contributed by atoms with E-state index in [1.54, 1.807) is 12.3 Å². The van der Waals surface area contributed by atoms with Crippen molar-refractivity contribution in [2.24, 2.45) is 0 Å². The number of rotatable bonds is 6. The number of hydrogen-bond donors (Lipinski definition) is 0. The summed E-state index contributed by atoms with van der Waals surface area (Å²) in [4.78, 5) is 24.5. The number of alkyl halides is 3. The van der Waals surface area contributed by atoms with Crippen LogP contribution in [-0.2, 0) is 17.5 Å². The van der Waals surface area contributed by atoms with Gasteiger partial charge in [-0.2, -0.15) is 13.2 Å². The van der Waals surface area contributed by atoms with E-state index in [4.69, 9.17) is 0 Å². The molecule has 0 aliphatic carbocycles. The molecule has 4 rings (SSSR count). The second-order valence-electron chi connectivity index (χ2n) is 9.71. The molecule has 9 heteroatoms. The van der Waals surface area contributed by atoms with Crippen molar-refractivity contribution >= 4 is 27.9 Å². The fourth-order valence-electron chi connectivity index (χ4n) is 5.05. The third-order valence-corrected chi connectivity index (χ3v) is 7.69. The summed E-state index contributed by atoms with van der Waals surface area (Å²) >= 11 is 3.35. The number of aromatic nitrogens is 1. The molecule has 0 radical (unpaired) electrons. The smallest absolute Gasteiger partial charge is 0.332 e. The largest absolute Gasteiger partial charge is 0.416 e. The molecule has 2 saturated heterocycles. The van der Waals surface area contributed by atoms with Crippen molar-refractivity contribution in [3.63, 3.8) is 0 Å². The number of benzene rings is 1. The summed E-state index contributed by atoms with van der Waals surface area (Å²) in [5.74, 6) is -0.143. The number of pyridine rings is 1. The summed E-state index contributed by atoms with van der Waals surface area (Å²) < 4.78 is 39.3. The zero-order valence-electron chi connectivity index (χ0n) is 20.4. The van der Waals surface area contributed by atoms with E-state index in [1.165, 1.54) is 31.1 Å². The van der Waals surface area contributed by atoms with Gasteiger partial charge < -0.3 is 14.7 Å². The highest BCUT2D eigenvalue weighted by Gasteiger charge is 2.32. The molecule has 1 aromatic heterocycles. The Bertz CT molecular complexity index is 1030. The van der Waals surface area contributed by atoms with Gasteiger partial charge in [0.2, 0.25) is 5.91 Å².